The van der Waals surface area contributed by atoms with Gasteiger partial charge < -0.3 is 10.4 Å². The van der Waals surface area contributed by atoms with Crippen LogP contribution < -0.4 is 5.32 Å². The number of hydrogen-bond donors (Lipinski definition) is 2. The maximum Gasteiger partial charge on any atom is 0.336 e. The lowest BCUT2D eigenvalue weighted by Gasteiger charge is -2.27. The molecule has 0 radical (unpaired) electrons. The Morgan fingerprint density at radius 2 is 1.95 bits per heavy atom. The second-order valence-electron chi connectivity index (χ2n) is 5.28. The van der Waals surface area contributed by atoms with Crippen molar-refractivity contribution in [3.63, 3.8) is 0 Å². The lowest BCUT2D eigenvalue weighted by molar-refractivity contribution is 0.0689. The highest BCUT2D eigenvalue weighted by Crippen LogP contribution is 2.18. The van der Waals surface area contributed by atoms with Crippen molar-refractivity contribution >= 4 is 11.9 Å². The maximum absolute atomic E-state index is 12.2. The molecule has 0 saturated heterocycles. The number of nitriles is 1. The van der Waals surface area contributed by atoms with Gasteiger partial charge in [-0.1, -0.05) is 25.5 Å². The zero-order valence-electron chi connectivity index (χ0n) is 12.0. The van der Waals surface area contributed by atoms with Gasteiger partial charge in [-0.2, -0.15) is 5.26 Å². The third-order valence-electron chi connectivity index (χ3n) is 3.41. The third-order valence-corrected chi connectivity index (χ3v) is 3.41. The number of aryl methyl sites for hydroxylation is 1. The molecular weight excluding hydrogens is 256 g/mol. The van der Waals surface area contributed by atoms with Crippen molar-refractivity contribution in [3.05, 3.63) is 34.9 Å². The Balaban J connectivity index is 3.17. The zero-order chi connectivity index (χ0) is 15.5. The quantitative estimate of drug-likeness (QED) is 0.881. The summed E-state index contributed by atoms with van der Waals surface area (Å²) >= 11 is 0. The minimum atomic E-state index is -1.16. The van der Waals surface area contributed by atoms with Crippen LogP contribution in [0, 0.1) is 24.2 Å². The van der Waals surface area contributed by atoms with Crippen LogP contribution >= 0.6 is 0 Å². The Kier molecular flexibility index (Phi) is 4.51. The second-order valence-corrected chi connectivity index (χ2v) is 5.28. The van der Waals surface area contributed by atoms with E-state index in [2.05, 4.69) is 11.4 Å². The van der Waals surface area contributed by atoms with Crippen molar-refractivity contribution in [2.45, 2.75) is 33.2 Å². The van der Waals surface area contributed by atoms with Gasteiger partial charge in [0, 0.05) is 0 Å². The standard InChI is InChI=1S/C15H18N2O3/c1-9(2)15(4,8-16)17-13(18)11-6-5-10(3)7-12(11)14(19)20/h5-7,9H,1-4H3,(H,17,18)(H,19,20). The first-order chi connectivity index (χ1) is 9.21. The van der Waals surface area contributed by atoms with Crippen LogP contribution in [-0.2, 0) is 0 Å². The largest absolute Gasteiger partial charge is 0.478 e. The van der Waals surface area contributed by atoms with Crippen LogP contribution in [0.15, 0.2) is 18.2 Å². The van der Waals surface area contributed by atoms with Gasteiger partial charge in [-0.3, -0.25) is 4.79 Å². The Morgan fingerprint density at radius 3 is 2.40 bits per heavy atom. The first-order valence-electron chi connectivity index (χ1n) is 6.29. The maximum atomic E-state index is 12.2. The third kappa shape index (κ3) is 3.15. The normalized spacial score (nSPS) is 13.4. The van der Waals surface area contributed by atoms with Gasteiger partial charge >= 0.3 is 5.97 Å². The van der Waals surface area contributed by atoms with Crippen LogP contribution in [0.5, 0.6) is 0 Å². The fourth-order valence-electron chi connectivity index (χ4n) is 1.64. The topological polar surface area (TPSA) is 90.2 Å². The summed E-state index contributed by atoms with van der Waals surface area (Å²) in [4.78, 5) is 23.4. The molecule has 20 heavy (non-hydrogen) atoms. The fourth-order valence-corrected chi connectivity index (χ4v) is 1.64. The minimum absolute atomic E-state index is 0.0604. The highest BCUT2D eigenvalue weighted by atomic mass is 16.4. The molecule has 1 aromatic rings. The predicted octanol–water partition coefficient (Wildman–Crippen LogP) is 2.36. The number of hydrogen-bond acceptors (Lipinski definition) is 3. The smallest absolute Gasteiger partial charge is 0.336 e. The summed E-state index contributed by atoms with van der Waals surface area (Å²) in [6.07, 6.45) is 0. The van der Waals surface area contributed by atoms with Crippen LogP contribution in [0.2, 0.25) is 0 Å². The number of nitrogens with one attached hydrogen (secondary N) is 1. The first kappa shape index (κ1) is 15.7. The van der Waals surface area contributed by atoms with E-state index in [1.165, 1.54) is 12.1 Å². The van der Waals surface area contributed by atoms with Crippen molar-refractivity contribution in [3.8, 4) is 6.07 Å². The van der Waals surface area contributed by atoms with E-state index in [9.17, 15) is 14.9 Å². The molecule has 1 rings (SSSR count). The van der Waals surface area contributed by atoms with E-state index >= 15 is 0 Å². The van der Waals surface area contributed by atoms with E-state index in [1.54, 1.807) is 19.9 Å². The van der Waals surface area contributed by atoms with E-state index in [0.29, 0.717) is 0 Å². The number of carboxylic acids is 1. The summed E-state index contributed by atoms with van der Waals surface area (Å²) in [6, 6.07) is 6.63. The van der Waals surface area contributed by atoms with Gasteiger partial charge in [0.05, 0.1) is 17.2 Å². The number of carbonyl (C=O) groups excluding carboxylic acids is 1. The highest BCUT2D eigenvalue weighted by Gasteiger charge is 2.31. The lowest BCUT2D eigenvalue weighted by atomic mass is 9.89. The monoisotopic (exact) mass is 274 g/mol. The van der Waals surface area contributed by atoms with E-state index in [-0.39, 0.29) is 17.0 Å². The number of benzene rings is 1. The summed E-state index contributed by atoms with van der Waals surface area (Å²) in [5, 5.41) is 21.0. The van der Waals surface area contributed by atoms with Gasteiger partial charge in [0.15, 0.2) is 0 Å². The van der Waals surface area contributed by atoms with Gasteiger partial charge in [-0.05, 0) is 31.9 Å². The van der Waals surface area contributed by atoms with Gasteiger partial charge in [0.1, 0.15) is 5.54 Å². The van der Waals surface area contributed by atoms with Gasteiger partial charge in [-0.15, -0.1) is 0 Å². The summed E-state index contributed by atoms with van der Waals surface area (Å²) < 4.78 is 0. The van der Waals surface area contributed by atoms with Crippen LogP contribution in [0.4, 0.5) is 0 Å². The first-order valence-corrected chi connectivity index (χ1v) is 6.29. The van der Waals surface area contributed by atoms with Crippen molar-refractivity contribution in [1.82, 2.24) is 5.32 Å². The van der Waals surface area contributed by atoms with Crippen LogP contribution in [-0.4, -0.2) is 22.5 Å². The summed E-state index contributed by atoms with van der Waals surface area (Å²) in [5.74, 6) is -1.82. The molecule has 0 aromatic heterocycles. The van der Waals surface area contributed by atoms with Gasteiger partial charge in [-0.25, -0.2) is 4.79 Å². The molecular formula is C15H18N2O3. The molecule has 1 amide bonds. The zero-order valence-corrected chi connectivity index (χ0v) is 12.0. The Labute approximate surface area is 118 Å². The molecule has 1 aromatic carbocycles. The number of carbonyl (C=O) groups is 2. The lowest BCUT2D eigenvalue weighted by Crippen LogP contribution is -2.49. The molecule has 0 aliphatic heterocycles. The molecule has 5 heteroatoms. The van der Waals surface area contributed by atoms with Gasteiger partial charge in [0.25, 0.3) is 5.91 Å². The van der Waals surface area contributed by atoms with Crippen molar-refractivity contribution < 1.29 is 14.7 Å². The average molecular weight is 274 g/mol. The van der Waals surface area contributed by atoms with E-state index in [0.717, 1.165) is 5.56 Å². The molecule has 0 aliphatic carbocycles. The van der Waals surface area contributed by atoms with Crippen LogP contribution in [0.25, 0.3) is 0 Å². The van der Waals surface area contributed by atoms with Crippen LogP contribution in [0.3, 0.4) is 0 Å². The van der Waals surface area contributed by atoms with Crippen molar-refractivity contribution in [2.24, 2.45) is 5.92 Å². The van der Waals surface area contributed by atoms with Crippen molar-refractivity contribution in [1.29, 1.82) is 5.26 Å². The fraction of sp³-hybridized carbons (Fsp3) is 0.400. The Bertz CT molecular complexity index is 587. The number of rotatable bonds is 4. The molecule has 1 atom stereocenters. The summed E-state index contributed by atoms with van der Waals surface area (Å²) in [6.45, 7) is 7.00. The molecule has 106 valence electrons. The predicted molar refractivity (Wildman–Crippen MR) is 74.5 cm³/mol. The molecule has 1 unspecified atom stereocenters. The van der Waals surface area contributed by atoms with E-state index in [1.807, 2.05) is 13.8 Å². The average Bonchev–Trinajstić information content (AvgIpc) is 2.37. The molecule has 0 heterocycles. The molecule has 0 bridgehead atoms. The molecule has 5 nitrogen and oxygen atoms in total. The second kappa shape index (κ2) is 5.74. The minimum Gasteiger partial charge on any atom is -0.478 e. The number of carboxylic acid groups (broad SMARTS) is 1. The molecule has 0 aliphatic rings. The number of nitrogens with zero attached hydrogens (tertiary/aromatic N) is 1. The van der Waals surface area contributed by atoms with E-state index < -0.39 is 17.4 Å². The molecule has 0 spiro atoms. The van der Waals surface area contributed by atoms with Crippen LogP contribution in [0.1, 0.15) is 47.1 Å². The molecule has 2 N–H and O–H groups in total. The van der Waals surface area contributed by atoms with Gasteiger partial charge in [0.2, 0.25) is 0 Å². The molecule has 0 saturated carbocycles. The Morgan fingerprint density at radius 1 is 1.35 bits per heavy atom. The number of amides is 1. The van der Waals surface area contributed by atoms with E-state index in [4.69, 9.17) is 5.11 Å². The molecule has 0 fully saturated rings. The Hall–Kier alpha value is -2.35. The SMILES string of the molecule is Cc1ccc(C(=O)NC(C)(C#N)C(C)C)c(C(=O)O)c1. The van der Waals surface area contributed by atoms with Crippen molar-refractivity contribution in [2.75, 3.05) is 0 Å². The summed E-state index contributed by atoms with van der Waals surface area (Å²) in [7, 11) is 0. The highest BCUT2D eigenvalue weighted by molar-refractivity contribution is 6.05. The summed E-state index contributed by atoms with van der Waals surface area (Å²) in [5.41, 5.74) is -0.291. The number of aromatic carboxylic acids is 1.